The number of aromatic amines is 3. The number of fused-ring (bicyclic) bond motifs is 1. The highest BCUT2D eigenvalue weighted by Crippen LogP contribution is 2.19. The van der Waals surface area contributed by atoms with Gasteiger partial charge in [0.05, 0.1) is 0 Å². The average Bonchev–Trinajstić information content (AvgIpc) is 2.91. The minimum Gasteiger partial charge on any atom is -0.361 e. The van der Waals surface area contributed by atoms with Crippen LogP contribution < -0.4 is 16.6 Å². The first-order valence-electron chi connectivity index (χ1n) is 6.80. The quantitative estimate of drug-likeness (QED) is 0.579. The molecule has 2 heterocycles. The molecule has 0 saturated carbocycles. The van der Waals surface area contributed by atoms with Crippen LogP contribution in [-0.2, 0) is 11.2 Å². The van der Waals surface area contributed by atoms with E-state index in [2.05, 4.69) is 20.3 Å². The predicted molar refractivity (Wildman–Crippen MR) is 82.9 cm³/mol. The summed E-state index contributed by atoms with van der Waals surface area (Å²) >= 11 is 0. The molecule has 0 unspecified atom stereocenters. The Morgan fingerprint density at radius 3 is 2.73 bits per heavy atom. The van der Waals surface area contributed by atoms with Gasteiger partial charge in [0.1, 0.15) is 5.69 Å². The minimum atomic E-state index is -0.621. The molecular formula is C15H14N4O3. The predicted octanol–water partition coefficient (Wildman–Crippen LogP) is 1.12. The molecule has 4 N–H and O–H groups in total. The molecule has 0 saturated heterocycles. The topological polar surface area (TPSA) is 111 Å². The van der Waals surface area contributed by atoms with Gasteiger partial charge in [-0.15, -0.1) is 0 Å². The van der Waals surface area contributed by atoms with Crippen LogP contribution in [0.1, 0.15) is 12.0 Å². The van der Waals surface area contributed by atoms with Gasteiger partial charge >= 0.3 is 5.69 Å². The standard InChI is InChI=1S/C15H14N4O3/c20-13(18-12-8-17-15(22)19-14(12)21)6-5-9-7-16-11-4-2-1-3-10(9)11/h1-4,7-8,16H,5-6H2,(H,18,20)(H2,17,19,21,22). The van der Waals surface area contributed by atoms with E-state index < -0.39 is 11.2 Å². The van der Waals surface area contributed by atoms with Gasteiger partial charge in [-0.1, -0.05) is 18.2 Å². The van der Waals surface area contributed by atoms with E-state index in [0.29, 0.717) is 6.42 Å². The summed E-state index contributed by atoms with van der Waals surface area (Å²) in [5.74, 6) is -0.289. The fraction of sp³-hybridized carbons (Fsp3) is 0.133. The minimum absolute atomic E-state index is 0.0310. The summed E-state index contributed by atoms with van der Waals surface area (Å²) in [6, 6.07) is 7.85. The van der Waals surface area contributed by atoms with Gasteiger partial charge in [-0.3, -0.25) is 14.6 Å². The number of rotatable bonds is 4. The summed E-state index contributed by atoms with van der Waals surface area (Å²) in [6.07, 6.45) is 3.85. The fourth-order valence-electron chi connectivity index (χ4n) is 2.30. The van der Waals surface area contributed by atoms with Crippen LogP contribution in [0.2, 0.25) is 0 Å². The van der Waals surface area contributed by atoms with Gasteiger partial charge in [0.15, 0.2) is 0 Å². The van der Waals surface area contributed by atoms with Crippen molar-refractivity contribution in [3.63, 3.8) is 0 Å². The molecule has 3 aromatic rings. The smallest absolute Gasteiger partial charge is 0.325 e. The second-order valence-electron chi connectivity index (χ2n) is 4.89. The molecule has 0 fully saturated rings. The summed E-state index contributed by atoms with van der Waals surface area (Å²) in [7, 11) is 0. The second kappa shape index (κ2) is 5.72. The molecule has 1 aromatic carbocycles. The van der Waals surface area contributed by atoms with Crippen molar-refractivity contribution in [2.75, 3.05) is 5.32 Å². The number of carbonyl (C=O) groups is 1. The van der Waals surface area contributed by atoms with E-state index in [1.165, 1.54) is 6.20 Å². The Morgan fingerprint density at radius 1 is 1.09 bits per heavy atom. The lowest BCUT2D eigenvalue weighted by molar-refractivity contribution is -0.116. The monoisotopic (exact) mass is 298 g/mol. The lowest BCUT2D eigenvalue weighted by atomic mass is 10.1. The van der Waals surface area contributed by atoms with Gasteiger partial charge in [0.2, 0.25) is 5.91 Å². The highest BCUT2D eigenvalue weighted by Gasteiger charge is 2.09. The number of benzene rings is 1. The van der Waals surface area contributed by atoms with Gasteiger partial charge in [-0.25, -0.2) is 4.79 Å². The Hall–Kier alpha value is -3.09. The number of hydrogen-bond donors (Lipinski definition) is 4. The van der Waals surface area contributed by atoms with Gasteiger partial charge in [-0.2, -0.15) is 0 Å². The molecule has 7 nitrogen and oxygen atoms in total. The third-order valence-corrected chi connectivity index (χ3v) is 3.39. The number of H-pyrrole nitrogens is 3. The summed E-state index contributed by atoms with van der Waals surface area (Å²) in [5, 5.41) is 3.57. The Morgan fingerprint density at radius 2 is 1.91 bits per heavy atom. The molecule has 1 amide bonds. The maximum Gasteiger partial charge on any atom is 0.325 e. The van der Waals surface area contributed by atoms with Gasteiger partial charge < -0.3 is 15.3 Å². The summed E-state index contributed by atoms with van der Waals surface area (Å²) in [4.78, 5) is 41.8. The highest BCUT2D eigenvalue weighted by molar-refractivity contribution is 5.91. The fourth-order valence-corrected chi connectivity index (χ4v) is 2.30. The van der Waals surface area contributed by atoms with Crippen molar-refractivity contribution >= 4 is 22.5 Å². The summed E-state index contributed by atoms with van der Waals surface area (Å²) < 4.78 is 0. The lowest BCUT2D eigenvalue weighted by Gasteiger charge is -2.03. The van der Waals surface area contributed by atoms with Crippen LogP contribution in [-0.4, -0.2) is 20.9 Å². The maximum atomic E-state index is 11.9. The molecule has 0 aliphatic carbocycles. The molecule has 0 bridgehead atoms. The summed E-state index contributed by atoms with van der Waals surface area (Å²) in [6.45, 7) is 0. The number of nitrogens with one attached hydrogen (secondary N) is 4. The second-order valence-corrected chi connectivity index (χ2v) is 4.89. The third-order valence-electron chi connectivity index (χ3n) is 3.39. The zero-order valence-electron chi connectivity index (χ0n) is 11.6. The first kappa shape index (κ1) is 13.9. The number of hydrogen-bond acceptors (Lipinski definition) is 3. The Bertz CT molecular complexity index is 935. The molecule has 0 radical (unpaired) electrons. The molecule has 3 rings (SSSR count). The van der Waals surface area contributed by atoms with Crippen LogP contribution in [0.4, 0.5) is 5.69 Å². The van der Waals surface area contributed by atoms with Crippen molar-refractivity contribution in [3.05, 3.63) is 63.1 Å². The van der Waals surface area contributed by atoms with Crippen molar-refractivity contribution < 1.29 is 4.79 Å². The number of para-hydroxylation sites is 1. The van der Waals surface area contributed by atoms with Crippen molar-refractivity contribution in [1.82, 2.24) is 15.0 Å². The molecule has 112 valence electrons. The molecule has 0 spiro atoms. The zero-order valence-corrected chi connectivity index (χ0v) is 11.6. The van der Waals surface area contributed by atoms with Gasteiger partial charge in [0, 0.05) is 29.7 Å². The van der Waals surface area contributed by atoms with Gasteiger partial charge in [0.25, 0.3) is 5.56 Å². The number of carbonyl (C=O) groups excluding carboxylic acids is 1. The van der Waals surface area contributed by atoms with Crippen LogP contribution in [0.15, 0.2) is 46.2 Å². The normalized spacial score (nSPS) is 10.7. The Balaban J connectivity index is 1.67. The maximum absolute atomic E-state index is 11.9. The highest BCUT2D eigenvalue weighted by atomic mass is 16.2. The molecule has 0 atom stereocenters. The van der Waals surface area contributed by atoms with Crippen molar-refractivity contribution in [3.8, 4) is 0 Å². The zero-order chi connectivity index (χ0) is 15.5. The van der Waals surface area contributed by atoms with E-state index in [1.54, 1.807) is 0 Å². The van der Waals surface area contributed by atoms with E-state index in [-0.39, 0.29) is 18.0 Å². The van der Waals surface area contributed by atoms with Crippen LogP contribution in [0.3, 0.4) is 0 Å². The summed E-state index contributed by atoms with van der Waals surface area (Å²) in [5.41, 5.74) is 0.866. The van der Waals surface area contributed by atoms with Gasteiger partial charge in [-0.05, 0) is 18.1 Å². The number of anilines is 1. The Labute approximate surface area is 124 Å². The third kappa shape index (κ3) is 2.83. The molecular weight excluding hydrogens is 284 g/mol. The lowest BCUT2D eigenvalue weighted by Crippen LogP contribution is -2.26. The van der Waals surface area contributed by atoms with E-state index in [4.69, 9.17) is 0 Å². The molecule has 22 heavy (non-hydrogen) atoms. The van der Waals surface area contributed by atoms with Crippen LogP contribution in [0.5, 0.6) is 0 Å². The van der Waals surface area contributed by atoms with E-state index >= 15 is 0 Å². The van der Waals surface area contributed by atoms with Crippen molar-refractivity contribution in [1.29, 1.82) is 0 Å². The SMILES string of the molecule is O=C(CCc1c[nH]c2ccccc12)Nc1c[nH]c(=O)[nH]c1=O. The first-order valence-corrected chi connectivity index (χ1v) is 6.80. The van der Waals surface area contributed by atoms with E-state index in [9.17, 15) is 14.4 Å². The van der Waals surface area contributed by atoms with Crippen LogP contribution >= 0.6 is 0 Å². The number of aryl methyl sites for hydroxylation is 1. The number of aromatic nitrogens is 3. The van der Waals surface area contributed by atoms with Crippen molar-refractivity contribution in [2.24, 2.45) is 0 Å². The molecule has 0 aliphatic heterocycles. The average molecular weight is 298 g/mol. The molecule has 0 aliphatic rings. The van der Waals surface area contributed by atoms with E-state index in [1.807, 2.05) is 30.5 Å². The largest absolute Gasteiger partial charge is 0.361 e. The molecule has 2 aromatic heterocycles. The number of amides is 1. The van der Waals surface area contributed by atoms with Crippen LogP contribution in [0.25, 0.3) is 10.9 Å². The molecule has 7 heteroatoms. The first-order chi connectivity index (χ1) is 10.6. The van der Waals surface area contributed by atoms with Crippen molar-refractivity contribution in [2.45, 2.75) is 12.8 Å². The Kier molecular flexibility index (Phi) is 3.61. The van der Waals surface area contributed by atoms with Crippen LogP contribution in [0, 0.1) is 0 Å². The van der Waals surface area contributed by atoms with E-state index in [0.717, 1.165) is 16.5 Å².